The standard InChI is InChI=1S/C20H23F6N3O2S/c1-11-18(32(2,27)30)29-17(28-11)16(12-4-3-5-14(10-12)20(24,25)26)31-15-8-6-13(7-9-15)19(21,22)23/h3-5,10,13,15-16,27H,6-9H2,1-2H3,(H,28,29)/t13?,15?,16?,32-/m0/s1. The Labute approximate surface area is 181 Å². The zero-order valence-corrected chi connectivity index (χ0v) is 18.1. The quantitative estimate of drug-likeness (QED) is 0.512. The first-order valence-corrected chi connectivity index (χ1v) is 11.8. The van der Waals surface area contributed by atoms with Gasteiger partial charge < -0.3 is 9.72 Å². The summed E-state index contributed by atoms with van der Waals surface area (Å²) in [5.41, 5.74) is -0.498. The first kappa shape index (κ1) is 24.6. The van der Waals surface area contributed by atoms with E-state index in [1.807, 2.05) is 0 Å². The highest BCUT2D eigenvalue weighted by molar-refractivity contribution is 7.91. The van der Waals surface area contributed by atoms with Crippen molar-refractivity contribution in [2.45, 2.75) is 62.2 Å². The van der Waals surface area contributed by atoms with Gasteiger partial charge in [0, 0.05) is 11.9 Å². The summed E-state index contributed by atoms with van der Waals surface area (Å²) in [7, 11) is -3.22. The monoisotopic (exact) mass is 483 g/mol. The largest absolute Gasteiger partial charge is 0.416 e. The number of rotatable bonds is 5. The zero-order valence-electron chi connectivity index (χ0n) is 17.3. The number of aromatic amines is 1. The van der Waals surface area contributed by atoms with E-state index in [4.69, 9.17) is 9.52 Å². The molecular weight excluding hydrogens is 460 g/mol. The van der Waals surface area contributed by atoms with E-state index in [2.05, 4.69) is 9.97 Å². The van der Waals surface area contributed by atoms with Crippen LogP contribution in [-0.4, -0.2) is 32.7 Å². The van der Waals surface area contributed by atoms with E-state index in [-0.39, 0.29) is 42.1 Å². The number of aryl methyl sites for hydroxylation is 1. The van der Waals surface area contributed by atoms with Crippen LogP contribution in [-0.2, 0) is 20.6 Å². The summed E-state index contributed by atoms with van der Waals surface area (Å²) in [4.78, 5) is 7.00. The van der Waals surface area contributed by atoms with Gasteiger partial charge in [-0.05, 0) is 50.3 Å². The van der Waals surface area contributed by atoms with Crippen molar-refractivity contribution in [2.24, 2.45) is 5.92 Å². The van der Waals surface area contributed by atoms with Gasteiger partial charge in [-0.3, -0.25) is 0 Å². The number of nitrogens with one attached hydrogen (secondary N) is 2. The Morgan fingerprint density at radius 1 is 1.16 bits per heavy atom. The lowest BCUT2D eigenvalue weighted by molar-refractivity contribution is -0.188. The highest BCUT2D eigenvalue weighted by atomic mass is 32.2. The second kappa shape index (κ2) is 8.69. The average Bonchev–Trinajstić information content (AvgIpc) is 3.07. The van der Waals surface area contributed by atoms with Crippen LogP contribution < -0.4 is 0 Å². The van der Waals surface area contributed by atoms with Gasteiger partial charge in [0.1, 0.15) is 11.9 Å². The van der Waals surface area contributed by atoms with Crippen molar-refractivity contribution < 1.29 is 35.3 Å². The molecule has 1 aliphatic rings. The number of aromatic nitrogens is 2. The normalized spacial score (nSPS) is 23.0. The van der Waals surface area contributed by atoms with Crippen molar-refractivity contribution in [3.05, 3.63) is 46.9 Å². The van der Waals surface area contributed by atoms with Crippen LogP contribution in [0, 0.1) is 17.6 Å². The molecule has 2 N–H and O–H groups in total. The third-order valence-electron chi connectivity index (χ3n) is 5.46. The number of H-pyrrole nitrogens is 1. The zero-order chi connectivity index (χ0) is 23.9. The van der Waals surface area contributed by atoms with Gasteiger partial charge in [-0.25, -0.2) is 14.0 Å². The van der Waals surface area contributed by atoms with Crippen molar-refractivity contribution in [1.29, 1.82) is 4.78 Å². The van der Waals surface area contributed by atoms with Gasteiger partial charge in [-0.2, -0.15) is 26.3 Å². The number of benzene rings is 1. The van der Waals surface area contributed by atoms with Crippen LogP contribution in [0.1, 0.15) is 54.4 Å². The van der Waals surface area contributed by atoms with Crippen molar-refractivity contribution in [1.82, 2.24) is 9.97 Å². The number of alkyl halides is 6. The molecular formula is C20H23F6N3O2S. The lowest BCUT2D eigenvalue weighted by Gasteiger charge is -2.32. The number of hydrogen-bond donors (Lipinski definition) is 2. The molecule has 1 aromatic carbocycles. The number of nitrogens with zero attached hydrogens (tertiary/aromatic N) is 1. The lowest BCUT2D eigenvalue weighted by atomic mass is 9.87. The second-order valence-corrected chi connectivity index (χ2v) is 10.1. The van der Waals surface area contributed by atoms with Crippen LogP contribution in [0.3, 0.4) is 0 Å². The predicted molar refractivity (Wildman–Crippen MR) is 105 cm³/mol. The summed E-state index contributed by atoms with van der Waals surface area (Å²) >= 11 is 0. The molecule has 1 saturated carbocycles. The molecule has 0 bridgehead atoms. The van der Waals surface area contributed by atoms with E-state index in [9.17, 15) is 30.6 Å². The van der Waals surface area contributed by atoms with E-state index in [1.54, 1.807) is 0 Å². The van der Waals surface area contributed by atoms with E-state index < -0.39 is 45.8 Å². The Hall–Kier alpha value is -2.08. The fourth-order valence-electron chi connectivity index (χ4n) is 3.87. The summed E-state index contributed by atoms with van der Waals surface area (Å²) < 4.78 is 105. The molecule has 178 valence electrons. The summed E-state index contributed by atoms with van der Waals surface area (Å²) in [6, 6.07) is 4.41. The molecule has 0 radical (unpaired) electrons. The van der Waals surface area contributed by atoms with Crippen LogP contribution in [0.25, 0.3) is 0 Å². The number of ether oxygens (including phenoxy) is 1. The van der Waals surface area contributed by atoms with Crippen molar-refractivity contribution in [3.63, 3.8) is 0 Å². The van der Waals surface area contributed by atoms with Crippen molar-refractivity contribution in [2.75, 3.05) is 6.26 Å². The minimum Gasteiger partial charge on any atom is -0.362 e. The van der Waals surface area contributed by atoms with Crippen LogP contribution in [0.2, 0.25) is 0 Å². The first-order valence-electron chi connectivity index (χ1n) is 9.86. The highest BCUT2D eigenvalue weighted by Gasteiger charge is 2.42. The molecule has 2 atom stereocenters. The Bertz CT molecular complexity index is 1050. The highest BCUT2D eigenvalue weighted by Crippen LogP contribution is 2.40. The van der Waals surface area contributed by atoms with E-state index >= 15 is 0 Å². The fraction of sp³-hybridized carbons (Fsp3) is 0.550. The van der Waals surface area contributed by atoms with Gasteiger partial charge in [0.2, 0.25) is 0 Å². The van der Waals surface area contributed by atoms with Crippen LogP contribution in [0.15, 0.2) is 29.3 Å². The van der Waals surface area contributed by atoms with Gasteiger partial charge in [0.05, 0.1) is 27.3 Å². The topological polar surface area (TPSA) is 78.8 Å². The molecule has 1 fully saturated rings. The van der Waals surface area contributed by atoms with Gasteiger partial charge in [-0.1, -0.05) is 12.1 Å². The molecule has 1 unspecified atom stereocenters. The maximum atomic E-state index is 13.2. The smallest absolute Gasteiger partial charge is 0.362 e. The third kappa shape index (κ3) is 5.64. The van der Waals surface area contributed by atoms with Crippen LogP contribution in [0.4, 0.5) is 26.3 Å². The summed E-state index contributed by atoms with van der Waals surface area (Å²) in [5, 5.41) is -0.0474. The SMILES string of the molecule is Cc1[nH]c(C(OC2CCC(C(F)(F)F)CC2)c2cccc(C(F)(F)F)c2)nc1[S@@](C)(=N)=O. The minimum atomic E-state index is -4.60. The molecule has 0 saturated heterocycles. The molecule has 2 aromatic rings. The summed E-state index contributed by atoms with van der Waals surface area (Å²) in [5.74, 6) is -1.38. The average molecular weight is 483 g/mol. The molecule has 0 amide bonds. The molecule has 1 heterocycles. The Balaban J connectivity index is 1.95. The molecule has 0 spiro atoms. The molecule has 1 aliphatic carbocycles. The third-order valence-corrected chi connectivity index (χ3v) is 6.59. The Morgan fingerprint density at radius 3 is 2.28 bits per heavy atom. The maximum Gasteiger partial charge on any atom is 0.416 e. The number of imidazole rings is 1. The molecule has 5 nitrogen and oxygen atoms in total. The molecule has 12 heteroatoms. The van der Waals surface area contributed by atoms with Crippen LogP contribution in [0.5, 0.6) is 0 Å². The number of halogens is 6. The van der Waals surface area contributed by atoms with Crippen molar-refractivity contribution in [3.8, 4) is 0 Å². The van der Waals surface area contributed by atoms with E-state index in [0.29, 0.717) is 5.69 Å². The van der Waals surface area contributed by atoms with E-state index in [1.165, 1.54) is 25.3 Å². The minimum absolute atomic E-state index is 0.0474. The molecule has 0 aliphatic heterocycles. The fourth-order valence-corrected chi connectivity index (χ4v) is 4.78. The summed E-state index contributed by atoms with van der Waals surface area (Å²) in [6.45, 7) is 1.53. The Kier molecular flexibility index (Phi) is 6.67. The molecule has 32 heavy (non-hydrogen) atoms. The predicted octanol–water partition coefficient (Wildman–Crippen LogP) is 6.00. The van der Waals surface area contributed by atoms with Gasteiger partial charge in [0.25, 0.3) is 0 Å². The van der Waals surface area contributed by atoms with Gasteiger partial charge in [0.15, 0.2) is 5.03 Å². The van der Waals surface area contributed by atoms with Gasteiger partial charge in [-0.15, -0.1) is 0 Å². The van der Waals surface area contributed by atoms with Crippen molar-refractivity contribution >= 4 is 9.73 Å². The van der Waals surface area contributed by atoms with E-state index in [0.717, 1.165) is 12.1 Å². The molecule has 3 rings (SSSR count). The maximum absolute atomic E-state index is 13.2. The van der Waals surface area contributed by atoms with Crippen LogP contribution >= 0.6 is 0 Å². The lowest BCUT2D eigenvalue weighted by Crippen LogP contribution is -2.31. The molecule has 1 aromatic heterocycles. The first-order chi connectivity index (χ1) is 14.7. The van der Waals surface area contributed by atoms with Gasteiger partial charge >= 0.3 is 12.4 Å². The number of hydrogen-bond acceptors (Lipinski definition) is 4. The Morgan fingerprint density at radius 2 is 1.78 bits per heavy atom. The second-order valence-electron chi connectivity index (χ2n) is 8.05. The summed E-state index contributed by atoms with van der Waals surface area (Å²) in [6.07, 6.45) is -9.60.